The number of halogens is 2. The molecule has 0 bridgehead atoms. The topological polar surface area (TPSA) is 41.5 Å². The molecule has 1 saturated heterocycles. The third kappa shape index (κ3) is 3.37. The van der Waals surface area contributed by atoms with Gasteiger partial charge in [-0.3, -0.25) is 0 Å². The highest BCUT2D eigenvalue weighted by molar-refractivity contribution is 6.36. The molecule has 100 valence electrons. The molecule has 1 aliphatic heterocycles. The molecule has 0 amide bonds. The van der Waals surface area contributed by atoms with Crippen LogP contribution in [0.2, 0.25) is 10.0 Å². The number of hydrogen-bond acceptors (Lipinski definition) is 3. The highest BCUT2D eigenvalue weighted by atomic mass is 35.5. The van der Waals surface area contributed by atoms with Crippen LogP contribution in [-0.2, 0) is 4.74 Å². The van der Waals surface area contributed by atoms with Crippen molar-refractivity contribution in [1.29, 1.82) is 0 Å². The van der Waals surface area contributed by atoms with E-state index in [2.05, 4.69) is 5.32 Å². The van der Waals surface area contributed by atoms with E-state index in [1.54, 1.807) is 18.2 Å². The van der Waals surface area contributed by atoms with Gasteiger partial charge < -0.3 is 15.2 Å². The fourth-order valence-electron chi connectivity index (χ4n) is 2.18. The van der Waals surface area contributed by atoms with Crippen molar-refractivity contribution in [3.8, 4) is 0 Å². The normalized spacial score (nSPS) is 21.2. The molecule has 1 fully saturated rings. The number of benzene rings is 1. The molecule has 1 aromatic rings. The number of nitrogens with one attached hydrogen (secondary N) is 1. The molecule has 18 heavy (non-hydrogen) atoms. The molecule has 3 nitrogen and oxygen atoms in total. The minimum Gasteiger partial charge on any atom is -0.394 e. The summed E-state index contributed by atoms with van der Waals surface area (Å²) in [4.78, 5) is 0. The van der Waals surface area contributed by atoms with Crippen molar-refractivity contribution in [2.24, 2.45) is 0 Å². The van der Waals surface area contributed by atoms with Gasteiger partial charge in [-0.25, -0.2) is 0 Å². The van der Waals surface area contributed by atoms with Crippen LogP contribution in [0.3, 0.4) is 0 Å². The number of rotatable bonds is 5. The molecular formula is C13H17Cl2NO2. The second-order valence-corrected chi connectivity index (χ2v) is 5.23. The predicted octanol–water partition coefficient (Wildman–Crippen LogP) is 2.80. The van der Waals surface area contributed by atoms with Crippen LogP contribution in [0.1, 0.15) is 24.4 Å². The fraction of sp³-hybridized carbons (Fsp3) is 0.538. The van der Waals surface area contributed by atoms with Gasteiger partial charge in [0.05, 0.1) is 18.8 Å². The summed E-state index contributed by atoms with van der Waals surface area (Å²) in [5, 5.41) is 13.9. The molecule has 2 rings (SSSR count). The summed E-state index contributed by atoms with van der Waals surface area (Å²) in [5.41, 5.74) is 0.751. The van der Waals surface area contributed by atoms with Crippen LogP contribution >= 0.6 is 23.2 Å². The lowest BCUT2D eigenvalue weighted by molar-refractivity contribution is 0.104. The Morgan fingerprint density at radius 1 is 1.39 bits per heavy atom. The Hall–Kier alpha value is -0.320. The number of aliphatic hydroxyl groups is 1. The first-order valence-electron chi connectivity index (χ1n) is 6.12. The van der Waals surface area contributed by atoms with Gasteiger partial charge in [-0.1, -0.05) is 29.3 Å². The van der Waals surface area contributed by atoms with Crippen molar-refractivity contribution in [3.63, 3.8) is 0 Å². The van der Waals surface area contributed by atoms with Crippen molar-refractivity contribution in [3.05, 3.63) is 33.8 Å². The zero-order chi connectivity index (χ0) is 13.0. The average molecular weight is 290 g/mol. The Morgan fingerprint density at radius 3 is 2.67 bits per heavy atom. The molecule has 2 unspecified atom stereocenters. The lowest BCUT2D eigenvalue weighted by Crippen LogP contribution is -2.32. The standard InChI is InChI=1S/C13H17Cl2NO2/c14-10-4-1-5-11(15)13(10)12(8-17)16-7-9-3-2-6-18-9/h1,4-5,9,12,16-17H,2-3,6-8H2. The van der Waals surface area contributed by atoms with Crippen LogP contribution in [0.15, 0.2) is 18.2 Å². The maximum absolute atomic E-state index is 9.48. The molecule has 0 aliphatic carbocycles. The lowest BCUT2D eigenvalue weighted by atomic mass is 10.1. The summed E-state index contributed by atoms with van der Waals surface area (Å²) in [6.45, 7) is 1.48. The van der Waals surface area contributed by atoms with Crippen molar-refractivity contribution in [1.82, 2.24) is 5.32 Å². The number of aliphatic hydroxyl groups excluding tert-OH is 1. The van der Waals surface area contributed by atoms with Gasteiger partial charge in [-0.15, -0.1) is 0 Å². The Kier molecular flexibility index (Phi) is 5.27. The molecule has 0 aromatic heterocycles. The average Bonchev–Trinajstić information content (AvgIpc) is 2.86. The van der Waals surface area contributed by atoms with Crippen LogP contribution in [0, 0.1) is 0 Å². The van der Waals surface area contributed by atoms with Crippen molar-refractivity contribution < 1.29 is 9.84 Å². The zero-order valence-electron chi connectivity index (χ0n) is 10.0. The SMILES string of the molecule is OCC(NCC1CCCO1)c1c(Cl)cccc1Cl. The zero-order valence-corrected chi connectivity index (χ0v) is 11.5. The van der Waals surface area contributed by atoms with E-state index in [1.807, 2.05) is 0 Å². The first kappa shape index (κ1) is 14.1. The number of hydrogen-bond donors (Lipinski definition) is 2. The molecule has 0 radical (unpaired) electrons. The van der Waals surface area contributed by atoms with Gasteiger partial charge in [0.25, 0.3) is 0 Å². The van der Waals surface area contributed by atoms with Crippen molar-refractivity contribution >= 4 is 23.2 Å². The highest BCUT2D eigenvalue weighted by Gasteiger charge is 2.20. The second-order valence-electron chi connectivity index (χ2n) is 4.41. The molecule has 0 saturated carbocycles. The predicted molar refractivity (Wildman–Crippen MR) is 73.3 cm³/mol. The molecule has 2 N–H and O–H groups in total. The first-order chi connectivity index (χ1) is 8.72. The van der Waals surface area contributed by atoms with E-state index in [0.717, 1.165) is 25.0 Å². The summed E-state index contributed by atoms with van der Waals surface area (Å²) >= 11 is 12.3. The summed E-state index contributed by atoms with van der Waals surface area (Å²) < 4.78 is 5.53. The van der Waals surface area contributed by atoms with Crippen LogP contribution in [0.5, 0.6) is 0 Å². The maximum atomic E-state index is 9.48. The van der Waals surface area contributed by atoms with Gasteiger partial charge in [-0.05, 0) is 25.0 Å². The summed E-state index contributed by atoms with van der Waals surface area (Å²) in [5.74, 6) is 0. The van der Waals surface area contributed by atoms with Crippen LogP contribution in [0.25, 0.3) is 0 Å². The van der Waals surface area contributed by atoms with E-state index < -0.39 is 0 Å². The maximum Gasteiger partial charge on any atom is 0.0700 e. The highest BCUT2D eigenvalue weighted by Crippen LogP contribution is 2.30. The van der Waals surface area contributed by atoms with Gasteiger partial charge in [0, 0.05) is 28.8 Å². The van der Waals surface area contributed by atoms with Crippen LogP contribution < -0.4 is 5.32 Å². The molecule has 2 atom stereocenters. The lowest BCUT2D eigenvalue weighted by Gasteiger charge is -2.21. The number of ether oxygens (including phenoxy) is 1. The Labute approximate surface area is 117 Å². The molecule has 1 aliphatic rings. The monoisotopic (exact) mass is 289 g/mol. The second kappa shape index (κ2) is 6.73. The van der Waals surface area contributed by atoms with Gasteiger partial charge in [0.1, 0.15) is 0 Å². The summed E-state index contributed by atoms with van der Waals surface area (Å²) in [6.07, 6.45) is 2.38. The van der Waals surface area contributed by atoms with E-state index in [9.17, 15) is 5.11 Å². The van der Waals surface area contributed by atoms with Gasteiger partial charge >= 0.3 is 0 Å². The molecule has 0 spiro atoms. The Bertz CT molecular complexity index is 374. The minimum absolute atomic E-state index is 0.0455. The van der Waals surface area contributed by atoms with Crippen LogP contribution in [0.4, 0.5) is 0 Å². The smallest absolute Gasteiger partial charge is 0.0700 e. The van der Waals surface area contributed by atoms with E-state index in [-0.39, 0.29) is 18.8 Å². The Morgan fingerprint density at radius 2 is 2.11 bits per heavy atom. The van der Waals surface area contributed by atoms with E-state index in [0.29, 0.717) is 16.6 Å². The third-order valence-electron chi connectivity index (χ3n) is 3.15. The van der Waals surface area contributed by atoms with Crippen molar-refractivity contribution in [2.45, 2.75) is 25.0 Å². The van der Waals surface area contributed by atoms with Gasteiger partial charge in [0.2, 0.25) is 0 Å². The summed E-state index contributed by atoms with van der Waals surface area (Å²) in [6, 6.07) is 5.09. The van der Waals surface area contributed by atoms with E-state index in [1.165, 1.54) is 0 Å². The van der Waals surface area contributed by atoms with Crippen molar-refractivity contribution in [2.75, 3.05) is 19.8 Å². The third-order valence-corrected chi connectivity index (χ3v) is 3.81. The van der Waals surface area contributed by atoms with E-state index >= 15 is 0 Å². The fourth-order valence-corrected chi connectivity index (χ4v) is 2.84. The minimum atomic E-state index is -0.254. The van der Waals surface area contributed by atoms with E-state index in [4.69, 9.17) is 27.9 Å². The van der Waals surface area contributed by atoms with Gasteiger partial charge in [-0.2, -0.15) is 0 Å². The Balaban J connectivity index is 2.03. The van der Waals surface area contributed by atoms with Crippen LogP contribution in [-0.4, -0.2) is 31.0 Å². The first-order valence-corrected chi connectivity index (χ1v) is 6.87. The van der Waals surface area contributed by atoms with Gasteiger partial charge in [0.15, 0.2) is 0 Å². The largest absolute Gasteiger partial charge is 0.394 e. The molecule has 1 aromatic carbocycles. The molecule has 1 heterocycles. The summed E-state index contributed by atoms with van der Waals surface area (Å²) in [7, 11) is 0. The molecule has 5 heteroatoms. The quantitative estimate of drug-likeness (QED) is 0.876. The molecular weight excluding hydrogens is 273 g/mol.